The van der Waals surface area contributed by atoms with Gasteiger partial charge < -0.3 is 9.47 Å². The first kappa shape index (κ1) is 20.1. The van der Waals surface area contributed by atoms with E-state index in [1.807, 2.05) is 6.92 Å². The summed E-state index contributed by atoms with van der Waals surface area (Å²) in [4.78, 5) is 12.1. The number of carbonyl (C=O) groups is 1. The topological polar surface area (TPSA) is 35.5 Å². The Labute approximate surface area is 142 Å². The highest BCUT2D eigenvalue weighted by Crippen LogP contribution is 2.30. The van der Waals surface area contributed by atoms with Crippen molar-refractivity contribution >= 4 is 5.97 Å². The number of ether oxygens (including phenoxy) is 2. The second-order valence-corrected chi connectivity index (χ2v) is 7.76. The van der Waals surface area contributed by atoms with E-state index in [0.717, 1.165) is 25.0 Å². The fourth-order valence-electron chi connectivity index (χ4n) is 3.09. The van der Waals surface area contributed by atoms with E-state index in [-0.39, 0.29) is 17.3 Å². The van der Waals surface area contributed by atoms with Gasteiger partial charge in [-0.2, -0.15) is 0 Å². The van der Waals surface area contributed by atoms with Crippen LogP contribution < -0.4 is 0 Å². The second-order valence-electron chi connectivity index (χ2n) is 7.76. The van der Waals surface area contributed by atoms with Gasteiger partial charge in [-0.05, 0) is 25.7 Å². The van der Waals surface area contributed by atoms with Crippen molar-refractivity contribution in [2.75, 3.05) is 13.2 Å². The van der Waals surface area contributed by atoms with Crippen LogP contribution in [0.25, 0.3) is 0 Å². The molecule has 0 bridgehead atoms. The molecule has 0 amide bonds. The van der Waals surface area contributed by atoms with Crippen LogP contribution in [0.15, 0.2) is 12.3 Å². The number of hydrogen-bond donors (Lipinski definition) is 0. The van der Waals surface area contributed by atoms with E-state index in [2.05, 4.69) is 27.4 Å². The lowest BCUT2D eigenvalue weighted by Gasteiger charge is -2.29. The molecule has 0 aromatic rings. The third-order valence-corrected chi connectivity index (χ3v) is 4.78. The van der Waals surface area contributed by atoms with Crippen LogP contribution in [-0.2, 0) is 14.3 Å². The zero-order valence-electron chi connectivity index (χ0n) is 15.7. The summed E-state index contributed by atoms with van der Waals surface area (Å²) >= 11 is 0. The Morgan fingerprint density at radius 3 is 2.30 bits per heavy atom. The molecule has 1 atom stereocenters. The normalized spacial score (nSPS) is 17.6. The Bertz CT molecular complexity index is 344. The van der Waals surface area contributed by atoms with Gasteiger partial charge in [-0.3, -0.25) is 4.79 Å². The molecule has 1 rings (SSSR count). The van der Waals surface area contributed by atoms with Crippen LogP contribution in [-0.4, -0.2) is 19.2 Å². The lowest BCUT2D eigenvalue weighted by Crippen LogP contribution is -2.29. The number of esters is 1. The summed E-state index contributed by atoms with van der Waals surface area (Å²) in [6.45, 7) is 13.4. The van der Waals surface area contributed by atoms with Crippen LogP contribution >= 0.6 is 0 Å². The van der Waals surface area contributed by atoms with Gasteiger partial charge in [-0.15, -0.1) is 0 Å². The molecule has 0 N–H and O–H groups in total. The average Bonchev–Trinajstić information content (AvgIpc) is 2.56. The Morgan fingerprint density at radius 2 is 1.74 bits per heavy atom. The number of carbonyl (C=O) groups excluding carboxylic acids is 1. The largest absolute Gasteiger partial charge is 0.498 e. The van der Waals surface area contributed by atoms with Crippen molar-refractivity contribution < 1.29 is 14.3 Å². The van der Waals surface area contributed by atoms with Gasteiger partial charge in [-0.25, -0.2) is 0 Å². The second kappa shape index (κ2) is 10.00. The van der Waals surface area contributed by atoms with E-state index in [1.165, 1.54) is 32.1 Å². The lowest BCUT2D eigenvalue weighted by atomic mass is 9.88. The first-order chi connectivity index (χ1) is 10.9. The number of hydrogen-bond acceptors (Lipinski definition) is 3. The highest BCUT2D eigenvalue weighted by atomic mass is 16.5. The van der Waals surface area contributed by atoms with Gasteiger partial charge in [0.15, 0.2) is 0 Å². The van der Waals surface area contributed by atoms with Crippen molar-refractivity contribution in [3.63, 3.8) is 0 Å². The van der Waals surface area contributed by atoms with E-state index in [4.69, 9.17) is 9.47 Å². The zero-order valence-corrected chi connectivity index (χ0v) is 15.7. The number of rotatable bonds is 10. The highest BCUT2D eigenvalue weighted by molar-refractivity contribution is 5.72. The molecule has 1 fully saturated rings. The molecule has 23 heavy (non-hydrogen) atoms. The third kappa shape index (κ3) is 7.41. The Balaban J connectivity index is 2.34. The SMILES string of the molecule is C=C(OCC(C)(C)COC(=O)C(CC)CCC)C1CCCCC1. The van der Waals surface area contributed by atoms with Crippen molar-refractivity contribution in [1.82, 2.24) is 0 Å². The van der Waals surface area contributed by atoms with E-state index >= 15 is 0 Å². The summed E-state index contributed by atoms with van der Waals surface area (Å²) in [5, 5.41) is 0. The monoisotopic (exact) mass is 324 g/mol. The Hall–Kier alpha value is -0.990. The minimum atomic E-state index is -0.183. The molecular formula is C20H36O3. The molecule has 1 aliphatic carbocycles. The first-order valence-electron chi connectivity index (χ1n) is 9.37. The van der Waals surface area contributed by atoms with Gasteiger partial charge in [0.05, 0.1) is 24.9 Å². The minimum Gasteiger partial charge on any atom is -0.498 e. The van der Waals surface area contributed by atoms with Crippen molar-refractivity contribution in [2.45, 2.75) is 79.1 Å². The summed E-state index contributed by atoms with van der Waals surface area (Å²) in [5.74, 6) is 1.40. The van der Waals surface area contributed by atoms with Crippen molar-refractivity contribution in [3.8, 4) is 0 Å². The summed E-state index contributed by atoms with van der Waals surface area (Å²) in [7, 11) is 0. The van der Waals surface area contributed by atoms with E-state index in [1.54, 1.807) is 0 Å². The van der Waals surface area contributed by atoms with Crippen LogP contribution in [0.3, 0.4) is 0 Å². The van der Waals surface area contributed by atoms with Crippen LogP contribution in [0.5, 0.6) is 0 Å². The van der Waals surface area contributed by atoms with Crippen LogP contribution in [0.1, 0.15) is 79.1 Å². The minimum absolute atomic E-state index is 0.0360. The lowest BCUT2D eigenvalue weighted by molar-refractivity contribution is -0.153. The smallest absolute Gasteiger partial charge is 0.308 e. The maximum Gasteiger partial charge on any atom is 0.308 e. The molecule has 3 nitrogen and oxygen atoms in total. The standard InChI is InChI=1S/C20H36O3/c1-6-11-17(7-2)19(21)23-15-20(4,5)14-22-16(3)18-12-9-8-10-13-18/h17-18H,3,6-15H2,1-2,4-5H3. The van der Waals surface area contributed by atoms with Crippen molar-refractivity contribution in [1.29, 1.82) is 0 Å². The van der Waals surface area contributed by atoms with Crippen LogP contribution in [0.4, 0.5) is 0 Å². The van der Waals surface area contributed by atoms with Crippen molar-refractivity contribution in [3.05, 3.63) is 12.3 Å². The van der Waals surface area contributed by atoms with Gasteiger partial charge in [0.1, 0.15) is 0 Å². The summed E-state index contributed by atoms with van der Waals surface area (Å²) in [6, 6.07) is 0. The molecule has 0 saturated heterocycles. The van der Waals surface area contributed by atoms with Crippen LogP contribution in [0, 0.1) is 17.3 Å². The molecule has 1 saturated carbocycles. The highest BCUT2D eigenvalue weighted by Gasteiger charge is 2.26. The summed E-state index contributed by atoms with van der Waals surface area (Å²) in [6.07, 6.45) is 9.07. The molecule has 0 aliphatic heterocycles. The van der Waals surface area contributed by atoms with E-state index < -0.39 is 0 Å². The van der Waals surface area contributed by atoms with Crippen molar-refractivity contribution in [2.24, 2.45) is 17.3 Å². The van der Waals surface area contributed by atoms with Gasteiger partial charge in [0.2, 0.25) is 0 Å². The zero-order chi connectivity index (χ0) is 17.3. The fraction of sp³-hybridized carbons (Fsp3) is 0.850. The molecule has 134 valence electrons. The third-order valence-electron chi connectivity index (χ3n) is 4.78. The van der Waals surface area contributed by atoms with E-state index in [9.17, 15) is 4.79 Å². The van der Waals surface area contributed by atoms with Gasteiger partial charge >= 0.3 is 5.97 Å². The van der Waals surface area contributed by atoms with Gasteiger partial charge in [0, 0.05) is 11.3 Å². The molecule has 1 aliphatic rings. The first-order valence-corrected chi connectivity index (χ1v) is 9.37. The molecule has 1 unspecified atom stereocenters. The molecule has 3 heteroatoms. The van der Waals surface area contributed by atoms with Gasteiger partial charge in [-0.1, -0.05) is 60.0 Å². The molecule has 0 spiro atoms. The predicted molar refractivity (Wildman–Crippen MR) is 95.1 cm³/mol. The van der Waals surface area contributed by atoms with Gasteiger partial charge in [0.25, 0.3) is 0 Å². The molecule has 0 aromatic heterocycles. The number of allylic oxidation sites excluding steroid dienone is 1. The molecule has 0 radical (unpaired) electrons. The Morgan fingerprint density at radius 1 is 1.13 bits per heavy atom. The fourth-order valence-corrected chi connectivity index (χ4v) is 3.09. The molecular weight excluding hydrogens is 288 g/mol. The Kier molecular flexibility index (Phi) is 8.72. The average molecular weight is 325 g/mol. The molecule has 0 heterocycles. The predicted octanol–water partition coefficient (Wildman–Crippen LogP) is 5.49. The summed E-state index contributed by atoms with van der Waals surface area (Å²) < 4.78 is 11.5. The summed E-state index contributed by atoms with van der Waals surface area (Å²) in [5.41, 5.74) is -0.183. The maximum atomic E-state index is 12.1. The quantitative estimate of drug-likeness (QED) is 0.393. The maximum absolute atomic E-state index is 12.1. The molecule has 0 aromatic carbocycles. The van der Waals surface area contributed by atoms with Crippen LogP contribution in [0.2, 0.25) is 0 Å². The van der Waals surface area contributed by atoms with E-state index in [0.29, 0.717) is 19.1 Å².